The topological polar surface area (TPSA) is 54.5 Å². The van der Waals surface area contributed by atoms with Crippen LogP contribution in [0.1, 0.15) is 21.6 Å². The van der Waals surface area contributed by atoms with Crippen LogP contribution in [0, 0.1) is 0 Å². The van der Waals surface area contributed by atoms with Crippen LogP contribution in [0.5, 0.6) is 5.75 Å². The average Bonchev–Trinajstić information content (AvgIpc) is 2.74. The van der Waals surface area contributed by atoms with Crippen molar-refractivity contribution in [3.8, 4) is 5.75 Å². The maximum Gasteiger partial charge on any atom is 0.272 e. The van der Waals surface area contributed by atoms with Crippen LogP contribution >= 0.6 is 0 Å². The van der Waals surface area contributed by atoms with E-state index in [9.17, 15) is 4.79 Å². The van der Waals surface area contributed by atoms with E-state index in [0.717, 1.165) is 30.1 Å². The number of hydrogen-bond donors (Lipinski definition) is 1. The summed E-state index contributed by atoms with van der Waals surface area (Å²) in [5.74, 6) is 0.781. The van der Waals surface area contributed by atoms with Crippen molar-refractivity contribution < 1.29 is 9.53 Å². The normalized spacial score (nSPS) is 13.0. The number of pyridine rings is 1. The van der Waals surface area contributed by atoms with Crippen molar-refractivity contribution in [1.82, 2.24) is 9.88 Å². The molecule has 1 aliphatic heterocycles. The minimum absolute atomic E-state index is 0.0273. The van der Waals surface area contributed by atoms with Gasteiger partial charge in [0.2, 0.25) is 0 Å². The minimum Gasteiger partial charge on any atom is -0.497 e. The highest BCUT2D eigenvalue weighted by atomic mass is 16.5. The van der Waals surface area contributed by atoms with Gasteiger partial charge in [0.05, 0.1) is 19.0 Å². The number of ether oxygens (including phenoxy) is 1. The highest BCUT2D eigenvalue weighted by Crippen LogP contribution is 2.22. The highest BCUT2D eigenvalue weighted by Gasteiger charge is 2.22. The lowest BCUT2D eigenvalue weighted by Crippen LogP contribution is -2.36. The smallest absolute Gasteiger partial charge is 0.272 e. The zero-order valence-electron chi connectivity index (χ0n) is 15.2. The van der Waals surface area contributed by atoms with Crippen molar-refractivity contribution in [3.05, 3.63) is 83.7 Å². The third-order valence-corrected chi connectivity index (χ3v) is 4.78. The van der Waals surface area contributed by atoms with E-state index in [4.69, 9.17) is 4.74 Å². The summed E-state index contributed by atoms with van der Waals surface area (Å²) in [7, 11) is 1.64. The number of nitrogens with one attached hydrogen (secondary N) is 1. The first-order valence-corrected chi connectivity index (χ1v) is 8.96. The Labute approximate surface area is 158 Å². The molecule has 0 spiro atoms. The second-order valence-corrected chi connectivity index (χ2v) is 6.53. The summed E-state index contributed by atoms with van der Waals surface area (Å²) >= 11 is 0. The van der Waals surface area contributed by atoms with E-state index >= 15 is 0 Å². The summed E-state index contributed by atoms with van der Waals surface area (Å²) in [5, 5.41) is 3.27. The second kappa shape index (κ2) is 7.50. The predicted molar refractivity (Wildman–Crippen MR) is 105 cm³/mol. The van der Waals surface area contributed by atoms with Gasteiger partial charge < -0.3 is 15.0 Å². The third kappa shape index (κ3) is 3.77. The highest BCUT2D eigenvalue weighted by molar-refractivity contribution is 5.92. The van der Waals surface area contributed by atoms with Gasteiger partial charge in [-0.25, -0.2) is 4.98 Å². The Bertz CT molecular complexity index is 937. The number of amides is 1. The van der Waals surface area contributed by atoms with Crippen molar-refractivity contribution in [3.63, 3.8) is 0 Å². The lowest BCUT2D eigenvalue weighted by molar-refractivity contribution is 0.0729. The Morgan fingerprint density at radius 2 is 1.74 bits per heavy atom. The predicted octanol–water partition coefficient (Wildman–Crippen LogP) is 4.03. The number of carbonyl (C=O) groups is 1. The van der Waals surface area contributed by atoms with Crippen molar-refractivity contribution in [2.24, 2.45) is 0 Å². The SMILES string of the molecule is COc1ccc(Nc2ccc(C(=O)N3CCc4ccccc4C3)nc2)cc1. The van der Waals surface area contributed by atoms with Crippen molar-refractivity contribution in [1.29, 1.82) is 0 Å². The minimum atomic E-state index is -0.0273. The summed E-state index contributed by atoms with van der Waals surface area (Å²) in [4.78, 5) is 19.0. The number of anilines is 2. The van der Waals surface area contributed by atoms with Gasteiger partial charge in [0.15, 0.2) is 0 Å². The molecule has 4 rings (SSSR count). The molecule has 5 nitrogen and oxygen atoms in total. The van der Waals surface area contributed by atoms with Crippen LogP contribution in [0.15, 0.2) is 66.9 Å². The molecule has 0 atom stereocenters. The molecule has 2 aromatic carbocycles. The van der Waals surface area contributed by atoms with Gasteiger partial charge in [-0.15, -0.1) is 0 Å². The lowest BCUT2D eigenvalue weighted by atomic mass is 10.00. The molecule has 27 heavy (non-hydrogen) atoms. The molecule has 1 aromatic heterocycles. The van der Waals surface area contributed by atoms with Gasteiger partial charge in [0.25, 0.3) is 5.91 Å². The van der Waals surface area contributed by atoms with Gasteiger partial charge in [0.1, 0.15) is 11.4 Å². The number of hydrogen-bond acceptors (Lipinski definition) is 4. The van der Waals surface area contributed by atoms with Gasteiger partial charge in [0, 0.05) is 18.8 Å². The van der Waals surface area contributed by atoms with Gasteiger partial charge >= 0.3 is 0 Å². The standard InChI is InChI=1S/C22H21N3O2/c1-27-20-9-6-18(7-10-20)24-19-8-11-21(23-14-19)22(26)25-13-12-16-4-2-3-5-17(16)15-25/h2-11,14,24H,12-13,15H2,1H3. The number of nitrogens with zero attached hydrogens (tertiary/aromatic N) is 2. The van der Waals surface area contributed by atoms with E-state index in [0.29, 0.717) is 12.2 Å². The Kier molecular flexibility index (Phi) is 4.75. The molecule has 0 aliphatic carbocycles. The van der Waals surface area contributed by atoms with Gasteiger partial charge in [-0.05, 0) is 53.9 Å². The fourth-order valence-corrected chi connectivity index (χ4v) is 3.27. The maximum absolute atomic E-state index is 12.8. The fraction of sp³-hybridized carbons (Fsp3) is 0.182. The summed E-state index contributed by atoms with van der Waals surface area (Å²) in [6.45, 7) is 1.37. The molecule has 1 aliphatic rings. The van der Waals surface area contributed by atoms with Crippen LogP contribution in [-0.2, 0) is 13.0 Å². The van der Waals surface area contributed by atoms with Gasteiger partial charge in [-0.2, -0.15) is 0 Å². The van der Waals surface area contributed by atoms with Crippen LogP contribution in [0.4, 0.5) is 11.4 Å². The van der Waals surface area contributed by atoms with Crippen molar-refractivity contribution in [2.75, 3.05) is 19.0 Å². The van der Waals surface area contributed by atoms with Crippen LogP contribution in [0.25, 0.3) is 0 Å². The Hall–Kier alpha value is -3.34. The monoisotopic (exact) mass is 359 g/mol. The van der Waals surface area contributed by atoms with E-state index < -0.39 is 0 Å². The Morgan fingerprint density at radius 1 is 1.00 bits per heavy atom. The third-order valence-electron chi connectivity index (χ3n) is 4.78. The number of fused-ring (bicyclic) bond motifs is 1. The number of benzene rings is 2. The van der Waals surface area contributed by atoms with Crippen LogP contribution < -0.4 is 10.1 Å². The number of carbonyl (C=O) groups excluding carboxylic acids is 1. The molecular weight excluding hydrogens is 338 g/mol. The van der Waals surface area contributed by atoms with Crippen LogP contribution in [0.3, 0.4) is 0 Å². The molecule has 0 unspecified atom stereocenters. The molecule has 0 fully saturated rings. The van der Waals surface area contributed by atoms with E-state index in [2.05, 4.69) is 22.4 Å². The molecule has 0 radical (unpaired) electrons. The summed E-state index contributed by atoms with van der Waals surface area (Å²) in [6.07, 6.45) is 2.58. The summed E-state index contributed by atoms with van der Waals surface area (Å²) < 4.78 is 5.16. The molecule has 136 valence electrons. The molecule has 2 heterocycles. The molecule has 0 bridgehead atoms. The maximum atomic E-state index is 12.8. The number of methoxy groups -OCH3 is 1. The quantitative estimate of drug-likeness (QED) is 0.764. The van der Waals surface area contributed by atoms with Crippen LogP contribution in [0.2, 0.25) is 0 Å². The Morgan fingerprint density at radius 3 is 2.44 bits per heavy atom. The van der Waals surface area contributed by atoms with Crippen molar-refractivity contribution >= 4 is 17.3 Å². The molecule has 3 aromatic rings. The summed E-state index contributed by atoms with van der Waals surface area (Å²) in [5.41, 5.74) is 4.78. The number of aromatic nitrogens is 1. The first-order valence-electron chi connectivity index (χ1n) is 8.96. The first-order chi connectivity index (χ1) is 13.2. The molecule has 0 saturated heterocycles. The fourth-order valence-electron chi connectivity index (χ4n) is 3.27. The van der Waals surface area contributed by atoms with Crippen molar-refractivity contribution in [2.45, 2.75) is 13.0 Å². The first kappa shape index (κ1) is 17.1. The molecule has 5 heteroatoms. The zero-order valence-corrected chi connectivity index (χ0v) is 15.2. The summed E-state index contributed by atoms with van der Waals surface area (Å²) in [6, 6.07) is 19.6. The van der Waals surface area contributed by atoms with E-state index in [1.54, 1.807) is 19.4 Å². The second-order valence-electron chi connectivity index (χ2n) is 6.53. The van der Waals surface area contributed by atoms with Gasteiger partial charge in [-0.3, -0.25) is 4.79 Å². The number of rotatable bonds is 4. The van der Waals surface area contributed by atoms with E-state index in [-0.39, 0.29) is 5.91 Å². The van der Waals surface area contributed by atoms with E-state index in [1.165, 1.54) is 11.1 Å². The molecule has 1 N–H and O–H groups in total. The zero-order chi connectivity index (χ0) is 18.6. The van der Waals surface area contributed by atoms with Gasteiger partial charge in [-0.1, -0.05) is 24.3 Å². The van der Waals surface area contributed by atoms with E-state index in [1.807, 2.05) is 47.4 Å². The van der Waals surface area contributed by atoms with Crippen LogP contribution in [-0.4, -0.2) is 29.4 Å². The lowest BCUT2D eigenvalue weighted by Gasteiger charge is -2.28. The molecule has 0 saturated carbocycles. The molecular formula is C22H21N3O2. The molecule has 1 amide bonds. The largest absolute Gasteiger partial charge is 0.497 e. The Balaban J connectivity index is 1.43. The average molecular weight is 359 g/mol.